The minimum absolute atomic E-state index is 0.0514. The lowest BCUT2D eigenvalue weighted by atomic mass is 9.89. The lowest BCUT2D eigenvalue weighted by Gasteiger charge is -2.24. The Morgan fingerprint density at radius 3 is 2.93 bits per heavy atom. The summed E-state index contributed by atoms with van der Waals surface area (Å²) in [6, 6.07) is 7.70. The standard InChI is InChI=1S/C20H24N4O3/c1-24(15-6-13-9-18(25)21-10-14(13)7-15)20(26)17-11-22-23-19(17)12-4-3-5-16(8-12)27-2/h3-5,8,11,13-15H,6-7,9-10H2,1-2H3,(H,21,25)(H,22,23)/t13-,14+,15-/m0/s1. The molecule has 1 aliphatic carbocycles. The number of benzene rings is 1. The van der Waals surface area contributed by atoms with Gasteiger partial charge in [-0.1, -0.05) is 12.1 Å². The Balaban J connectivity index is 1.53. The lowest BCUT2D eigenvalue weighted by molar-refractivity contribution is -0.124. The van der Waals surface area contributed by atoms with E-state index in [-0.39, 0.29) is 17.9 Å². The Kier molecular flexibility index (Phi) is 4.59. The molecule has 2 amide bonds. The number of nitrogens with one attached hydrogen (secondary N) is 2. The fraction of sp³-hybridized carbons (Fsp3) is 0.450. The summed E-state index contributed by atoms with van der Waals surface area (Å²) < 4.78 is 5.28. The van der Waals surface area contributed by atoms with E-state index in [9.17, 15) is 9.59 Å². The van der Waals surface area contributed by atoms with Crippen molar-refractivity contribution >= 4 is 11.8 Å². The number of nitrogens with zero attached hydrogens (tertiary/aromatic N) is 2. The van der Waals surface area contributed by atoms with Crippen molar-refractivity contribution in [3.8, 4) is 17.0 Å². The second-order valence-electron chi connectivity index (χ2n) is 7.46. The van der Waals surface area contributed by atoms with Gasteiger partial charge >= 0.3 is 0 Å². The van der Waals surface area contributed by atoms with E-state index in [1.807, 2.05) is 36.2 Å². The molecular weight excluding hydrogens is 344 g/mol. The van der Waals surface area contributed by atoms with Crippen molar-refractivity contribution in [1.82, 2.24) is 20.4 Å². The maximum atomic E-state index is 13.2. The van der Waals surface area contributed by atoms with Crippen LogP contribution in [0.2, 0.25) is 0 Å². The van der Waals surface area contributed by atoms with Crippen molar-refractivity contribution in [3.05, 3.63) is 36.0 Å². The normalized spacial score (nSPS) is 24.2. The van der Waals surface area contributed by atoms with Crippen LogP contribution in [0.3, 0.4) is 0 Å². The molecule has 2 heterocycles. The molecule has 1 aliphatic heterocycles. The van der Waals surface area contributed by atoms with E-state index in [4.69, 9.17) is 4.74 Å². The fourth-order valence-corrected chi connectivity index (χ4v) is 4.35. The van der Waals surface area contributed by atoms with Crippen molar-refractivity contribution in [1.29, 1.82) is 0 Å². The summed E-state index contributed by atoms with van der Waals surface area (Å²) in [6.45, 7) is 0.725. The van der Waals surface area contributed by atoms with Gasteiger partial charge in [0, 0.05) is 31.6 Å². The van der Waals surface area contributed by atoms with E-state index in [2.05, 4.69) is 15.5 Å². The Morgan fingerprint density at radius 2 is 2.11 bits per heavy atom. The van der Waals surface area contributed by atoms with E-state index < -0.39 is 0 Å². The lowest BCUT2D eigenvalue weighted by Crippen LogP contribution is -2.38. The Labute approximate surface area is 158 Å². The predicted octanol–water partition coefficient (Wildman–Crippen LogP) is 2.07. The molecule has 142 valence electrons. The molecule has 1 saturated heterocycles. The third-order valence-corrected chi connectivity index (χ3v) is 5.92. The van der Waals surface area contributed by atoms with Gasteiger partial charge in [0.05, 0.1) is 24.6 Å². The van der Waals surface area contributed by atoms with Crippen molar-refractivity contribution in [2.45, 2.75) is 25.3 Å². The molecule has 27 heavy (non-hydrogen) atoms. The van der Waals surface area contributed by atoms with E-state index in [1.54, 1.807) is 13.3 Å². The molecule has 7 heteroatoms. The maximum absolute atomic E-state index is 13.2. The quantitative estimate of drug-likeness (QED) is 0.865. The number of H-pyrrole nitrogens is 1. The first-order valence-electron chi connectivity index (χ1n) is 9.28. The van der Waals surface area contributed by atoms with Crippen LogP contribution in [0.5, 0.6) is 5.75 Å². The van der Waals surface area contributed by atoms with Gasteiger partial charge in [-0.25, -0.2) is 0 Å². The predicted molar refractivity (Wildman–Crippen MR) is 100 cm³/mol. The van der Waals surface area contributed by atoms with Gasteiger partial charge in [0.25, 0.3) is 5.91 Å². The summed E-state index contributed by atoms with van der Waals surface area (Å²) in [5.41, 5.74) is 2.10. The fourth-order valence-electron chi connectivity index (χ4n) is 4.35. The molecule has 0 spiro atoms. The van der Waals surface area contributed by atoms with Crippen molar-refractivity contribution in [3.63, 3.8) is 0 Å². The number of carbonyl (C=O) groups is 2. The molecule has 0 unspecified atom stereocenters. The maximum Gasteiger partial charge on any atom is 0.257 e. The van der Waals surface area contributed by atoms with E-state index in [0.717, 1.165) is 30.7 Å². The second kappa shape index (κ2) is 7.06. The van der Waals surface area contributed by atoms with Crippen molar-refractivity contribution in [2.24, 2.45) is 11.8 Å². The number of amides is 2. The van der Waals surface area contributed by atoms with Gasteiger partial charge in [-0.15, -0.1) is 0 Å². The van der Waals surface area contributed by atoms with Crippen LogP contribution in [0.4, 0.5) is 0 Å². The Hall–Kier alpha value is -2.83. The van der Waals surface area contributed by atoms with Crippen LogP contribution in [-0.2, 0) is 4.79 Å². The minimum Gasteiger partial charge on any atom is -0.497 e. The van der Waals surface area contributed by atoms with Crippen LogP contribution in [0.15, 0.2) is 30.5 Å². The summed E-state index contributed by atoms with van der Waals surface area (Å²) >= 11 is 0. The number of methoxy groups -OCH3 is 1. The first kappa shape index (κ1) is 17.6. The van der Waals surface area contributed by atoms with Crippen LogP contribution in [-0.4, -0.2) is 53.7 Å². The number of fused-ring (bicyclic) bond motifs is 1. The van der Waals surface area contributed by atoms with Gasteiger partial charge in [-0.3, -0.25) is 14.7 Å². The molecule has 0 radical (unpaired) electrons. The zero-order valence-electron chi connectivity index (χ0n) is 15.6. The molecule has 7 nitrogen and oxygen atoms in total. The SMILES string of the molecule is COc1cccc(-c2[nH]ncc2C(=O)N(C)[C@H]2C[C@H]3CC(=O)NC[C@H]3C2)c1. The van der Waals surface area contributed by atoms with E-state index in [1.165, 1.54) is 0 Å². The summed E-state index contributed by atoms with van der Waals surface area (Å²) in [7, 11) is 3.47. The average Bonchev–Trinajstić information content (AvgIpc) is 3.33. The van der Waals surface area contributed by atoms with Gasteiger partial charge in [-0.2, -0.15) is 5.10 Å². The van der Waals surface area contributed by atoms with E-state index >= 15 is 0 Å². The largest absolute Gasteiger partial charge is 0.497 e. The summed E-state index contributed by atoms with van der Waals surface area (Å²) in [6.07, 6.45) is 3.97. The highest BCUT2D eigenvalue weighted by Gasteiger charge is 2.41. The molecule has 4 rings (SSSR count). The smallest absolute Gasteiger partial charge is 0.257 e. The Morgan fingerprint density at radius 1 is 1.30 bits per heavy atom. The van der Waals surface area contributed by atoms with Crippen LogP contribution in [0.1, 0.15) is 29.6 Å². The number of aromatic nitrogens is 2. The first-order valence-corrected chi connectivity index (χ1v) is 9.28. The topological polar surface area (TPSA) is 87.3 Å². The minimum atomic E-state index is -0.0514. The second-order valence-corrected chi connectivity index (χ2v) is 7.46. The van der Waals surface area contributed by atoms with E-state index in [0.29, 0.717) is 29.5 Å². The summed E-state index contributed by atoms with van der Waals surface area (Å²) in [5, 5.41) is 9.99. The number of hydrogen-bond donors (Lipinski definition) is 2. The van der Waals surface area contributed by atoms with Crippen molar-refractivity contribution < 1.29 is 14.3 Å². The van der Waals surface area contributed by atoms with Gasteiger partial charge in [0.15, 0.2) is 0 Å². The molecular formula is C20H24N4O3. The molecule has 1 saturated carbocycles. The highest BCUT2D eigenvalue weighted by molar-refractivity contribution is 5.99. The van der Waals surface area contributed by atoms with Crippen molar-refractivity contribution in [2.75, 3.05) is 20.7 Å². The molecule has 2 fully saturated rings. The molecule has 1 aromatic heterocycles. The van der Waals surface area contributed by atoms with Crippen LogP contribution >= 0.6 is 0 Å². The summed E-state index contributed by atoms with van der Waals surface area (Å²) in [5.74, 6) is 1.64. The zero-order chi connectivity index (χ0) is 19.0. The molecule has 2 aromatic rings. The number of rotatable bonds is 4. The Bertz CT molecular complexity index is 862. The third kappa shape index (κ3) is 3.29. The number of aromatic amines is 1. The van der Waals surface area contributed by atoms with Gasteiger partial charge < -0.3 is 15.0 Å². The molecule has 1 aromatic carbocycles. The number of piperidine rings is 1. The molecule has 3 atom stereocenters. The van der Waals surface area contributed by atoms with Crippen LogP contribution in [0, 0.1) is 11.8 Å². The number of ether oxygens (including phenoxy) is 1. The van der Waals surface area contributed by atoms with Gasteiger partial charge in [0.1, 0.15) is 5.75 Å². The average molecular weight is 368 g/mol. The van der Waals surface area contributed by atoms with Gasteiger partial charge in [0.2, 0.25) is 5.91 Å². The van der Waals surface area contributed by atoms with Gasteiger partial charge in [-0.05, 0) is 36.8 Å². The third-order valence-electron chi connectivity index (χ3n) is 5.92. The molecule has 2 N–H and O–H groups in total. The van der Waals surface area contributed by atoms with Crippen LogP contribution in [0.25, 0.3) is 11.3 Å². The van der Waals surface area contributed by atoms with Crippen LogP contribution < -0.4 is 10.1 Å². The molecule has 0 bridgehead atoms. The highest BCUT2D eigenvalue weighted by Crippen LogP contribution is 2.38. The first-order chi connectivity index (χ1) is 13.1. The number of carbonyl (C=O) groups excluding carboxylic acids is 2. The monoisotopic (exact) mass is 368 g/mol. The number of hydrogen-bond acceptors (Lipinski definition) is 4. The zero-order valence-corrected chi connectivity index (χ0v) is 15.6. The molecule has 2 aliphatic rings. The summed E-state index contributed by atoms with van der Waals surface area (Å²) in [4.78, 5) is 26.6. The highest BCUT2D eigenvalue weighted by atomic mass is 16.5.